The number of hydrogen-bond acceptors (Lipinski definition) is 4. The molecular weight excluding hydrogens is 373 g/mol. The lowest BCUT2D eigenvalue weighted by Crippen LogP contribution is -3.14. The van der Waals surface area contributed by atoms with Crippen molar-refractivity contribution in [1.82, 2.24) is 9.62 Å². The number of nitrogens with zero attached hydrogens (tertiary/aromatic N) is 1. The number of quaternary nitrogens is 1. The van der Waals surface area contributed by atoms with Crippen LogP contribution in [0.3, 0.4) is 0 Å². The van der Waals surface area contributed by atoms with Gasteiger partial charge in [-0.3, -0.25) is 4.79 Å². The fourth-order valence-corrected chi connectivity index (χ4v) is 5.07. The monoisotopic (exact) mass is 400 g/mol. The highest BCUT2D eigenvalue weighted by molar-refractivity contribution is 7.89. The molecule has 1 aromatic rings. The van der Waals surface area contributed by atoms with Crippen LogP contribution in [0, 0.1) is 11.7 Å². The molecule has 2 aliphatic rings. The molecule has 0 unspecified atom stereocenters. The summed E-state index contributed by atoms with van der Waals surface area (Å²) >= 11 is 0. The number of halogens is 1. The van der Waals surface area contributed by atoms with Crippen molar-refractivity contribution >= 4 is 15.9 Å². The third kappa shape index (κ3) is 5.25. The van der Waals surface area contributed by atoms with Crippen LogP contribution >= 0.6 is 0 Å². The van der Waals surface area contributed by atoms with Gasteiger partial charge in [-0.1, -0.05) is 0 Å². The Morgan fingerprint density at radius 2 is 1.96 bits per heavy atom. The quantitative estimate of drug-likeness (QED) is 0.659. The molecule has 2 fully saturated rings. The van der Waals surface area contributed by atoms with Crippen molar-refractivity contribution in [2.24, 2.45) is 5.92 Å². The molecule has 0 bridgehead atoms. The highest BCUT2D eigenvalue weighted by Gasteiger charge is 2.33. The van der Waals surface area contributed by atoms with Crippen molar-refractivity contribution in [3.8, 4) is 0 Å². The second-order valence-electron chi connectivity index (χ2n) is 7.06. The molecule has 0 radical (unpaired) electrons. The number of sulfonamides is 1. The molecule has 2 heterocycles. The average Bonchev–Trinajstić information content (AvgIpc) is 2.69. The summed E-state index contributed by atoms with van der Waals surface area (Å²) in [7, 11) is -3.71. The molecule has 1 amide bonds. The summed E-state index contributed by atoms with van der Waals surface area (Å²) < 4.78 is 45.2. The number of benzene rings is 1. The molecule has 2 saturated heterocycles. The number of hydrogen-bond donors (Lipinski definition) is 2. The van der Waals surface area contributed by atoms with E-state index in [1.54, 1.807) is 0 Å². The van der Waals surface area contributed by atoms with Crippen molar-refractivity contribution in [2.45, 2.75) is 17.7 Å². The van der Waals surface area contributed by atoms with E-state index in [0.29, 0.717) is 25.9 Å². The number of carbonyl (C=O) groups is 1. The summed E-state index contributed by atoms with van der Waals surface area (Å²) in [4.78, 5) is 13.9. The minimum atomic E-state index is -3.71. The zero-order chi connectivity index (χ0) is 19.3. The van der Waals surface area contributed by atoms with Crippen LogP contribution < -0.4 is 10.2 Å². The number of piperidine rings is 1. The van der Waals surface area contributed by atoms with Crippen molar-refractivity contribution in [3.63, 3.8) is 0 Å². The van der Waals surface area contributed by atoms with Gasteiger partial charge < -0.3 is 15.0 Å². The lowest BCUT2D eigenvalue weighted by molar-refractivity contribution is -0.906. The largest absolute Gasteiger partial charge is 0.370 e. The Balaban J connectivity index is 1.53. The van der Waals surface area contributed by atoms with Crippen molar-refractivity contribution in [3.05, 3.63) is 30.1 Å². The molecule has 3 rings (SSSR count). The van der Waals surface area contributed by atoms with E-state index in [-0.39, 0.29) is 23.3 Å². The molecule has 150 valence electrons. The summed E-state index contributed by atoms with van der Waals surface area (Å²) in [6.07, 6.45) is 1.30. The van der Waals surface area contributed by atoms with Crippen LogP contribution in [0.5, 0.6) is 0 Å². The van der Waals surface area contributed by atoms with Crippen molar-refractivity contribution in [2.75, 3.05) is 52.5 Å². The van der Waals surface area contributed by atoms with E-state index < -0.39 is 15.8 Å². The van der Waals surface area contributed by atoms with Gasteiger partial charge in [0.15, 0.2) is 0 Å². The van der Waals surface area contributed by atoms with Gasteiger partial charge in [0.2, 0.25) is 15.9 Å². The van der Waals surface area contributed by atoms with Crippen LogP contribution in [0.2, 0.25) is 0 Å². The Hall–Kier alpha value is -1.55. The van der Waals surface area contributed by atoms with E-state index in [0.717, 1.165) is 45.0 Å². The third-order valence-electron chi connectivity index (χ3n) is 5.18. The summed E-state index contributed by atoms with van der Waals surface area (Å²) in [5, 5.41) is 2.95. The SMILES string of the molecule is O=C(NCC[NH+]1CCOCC1)[C@@H]1CCCN(S(=O)(=O)c2ccc(F)cc2)C1. The number of rotatable bonds is 6. The van der Waals surface area contributed by atoms with E-state index in [4.69, 9.17) is 4.74 Å². The number of nitrogens with one attached hydrogen (secondary N) is 2. The highest BCUT2D eigenvalue weighted by atomic mass is 32.2. The Bertz CT molecular complexity index is 735. The first kappa shape index (κ1) is 20.2. The van der Waals surface area contributed by atoms with Crippen LogP contribution in [0.4, 0.5) is 4.39 Å². The standard InChI is InChI=1S/C18H26FN3O4S/c19-16-3-5-17(6-4-16)27(24,25)22-8-1-2-15(14-22)18(23)20-7-9-21-10-12-26-13-11-21/h3-6,15H,1-2,7-14H2,(H,20,23)/p+1/t15-/m1/s1. The molecule has 7 nitrogen and oxygen atoms in total. The number of ether oxygens (including phenoxy) is 1. The van der Waals surface area contributed by atoms with E-state index in [9.17, 15) is 17.6 Å². The van der Waals surface area contributed by atoms with Crippen LogP contribution in [0.25, 0.3) is 0 Å². The maximum Gasteiger partial charge on any atom is 0.243 e. The molecule has 0 spiro atoms. The number of carbonyl (C=O) groups excluding carboxylic acids is 1. The van der Waals surface area contributed by atoms with E-state index in [1.807, 2.05) is 0 Å². The van der Waals surface area contributed by atoms with Crippen molar-refractivity contribution in [1.29, 1.82) is 0 Å². The van der Waals surface area contributed by atoms with Gasteiger partial charge in [0.25, 0.3) is 0 Å². The summed E-state index contributed by atoms with van der Waals surface area (Å²) in [6, 6.07) is 4.79. The van der Waals surface area contributed by atoms with Gasteiger partial charge in [0, 0.05) is 13.1 Å². The van der Waals surface area contributed by atoms with Crippen LogP contribution in [-0.2, 0) is 19.6 Å². The number of amides is 1. The Morgan fingerprint density at radius 1 is 1.26 bits per heavy atom. The molecule has 9 heteroatoms. The van der Waals surface area contributed by atoms with Gasteiger partial charge in [0.05, 0.1) is 37.1 Å². The lowest BCUT2D eigenvalue weighted by atomic mass is 9.99. The van der Waals surface area contributed by atoms with Gasteiger partial charge in [0.1, 0.15) is 18.9 Å². The minimum Gasteiger partial charge on any atom is -0.370 e. The summed E-state index contributed by atoms with van der Waals surface area (Å²) in [5.74, 6) is -0.928. The molecule has 0 aromatic heterocycles. The first-order chi connectivity index (χ1) is 13.0. The zero-order valence-electron chi connectivity index (χ0n) is 15.3. The number of morpholine rings is 1. The highest BCUT2D eigenvalue weighted by Crippen LogP contribution is 2.24. The Kier molecular flexibility index (Phi) is 6.80. The molecule has 2 N–H and O–H groups in total. The third-order valence-corrected chi connectivity index (χ3v) is 7.06. The molecule has 27 heavy (non-hydrogen) atoms. The summed E-state index contributed by atoms with van der Waals surface area (Å²) in [5.41, 5.74) is 0. The Labute approximate surface area is 159 Å². The first-order valence-corrected chi connectivity index (χ1v) is 10.9. The molecule has 1 atom stereocenters. The predicted molar refractivity (Wildman–Crippen MR) is 97.3 cm³/mol. The topological polar surface area (TPSA) is 80.2 Å². The van der Waals surface area contributed by atoms with Gasteiger partial charge in [-0.05, 0) is 37.1 Å². The maximum atomic E-state index is 13.1. The minimum absolute atomic E-state index is 0.0564. The average molecular weight is 400 g/mol. The van der Waals surface area contributed by atoms with Crippen LogP contribution in [0.1, 0.15) is 12.8 Å². The van der Waals surface area contributed by atoms with Gasteiger partial charge >= 0.3 is 0 Å². The lowest BCUT2D eigenvalue weighted by Gasteiger charge is -2.31. The first-order valence-electron chi connectivity index (χ1n) is 9.41. The zero-order valence-corrected chi connectivity index (χ0v) is 16.1. The molecule has 2 aliphatic heterocycles. The molecule has 0 saturated carbocycles. The van der Waals surface area contributed by atoms with Crippen LogP contribution in [-0.4, -0.2) is 71.1 Å². The molecular formula is C18H27FN3O4S+. The molecule has 1 aromatic carbocycles. The smallest absolute Gasteiger partial charge is 0.243 e. The predicted octanol–water partition coefficient (Wildman–Crippen LogP) is -0.742. The van der Waals surface area contributed by atoms with E-state index in [2.05, 4.69) is 5.32 Å². The maximum absolute atomic E-state index is 13.1. The molecule has 0 aliphatic carbocycles. The fraction of sp³-hybridized carbons (Fsp3) is 0.611. The van der Waals surface area contributed by atoms with Gasteiger partial charge in [-0.2, -0.15) is 4.31 Å². The second-order valence-corrected chi connectivity index (χ2v) is 9.00. The second kappa shape index (κ2) is 9.09. The fourth-order valence-electron chi connectivity index (χ4n) is 3.55. The Morgan fingerprint density at radius 3 is 2.67 bits per heavy atom. The van der Waals surface area contributed by atoms with E-state index in [1.165, 1.54) is 21.3 Å². The van der Waals surface area contributed by atoms with Crippen molar-refractivity contribution < 1.29 is 27.2 Å². The van der Waals surface area contributed by atoms with Gasteiger partial charge in [-0.25, -0.2) is 12.8 Å². The summed E-state index contributed by atoms with van der Waals surface area (Å²) in [6.45, 7) is 5.36. The van der Waals surface area contributed by atoms with Gasteiger partial charge in [-0.15, -0.1) is 0 Å². The van der Waals surface area contributed by atoms with E-state index >= 15 is 0 Å². The normalized spacial score (nSPS) is 22.5. The van der Waals surface area contributed by atoms with Crippen LogP contribution in [0.15, 0.2) is 29.2 Å².